The molecule has 0 spiro atoms. The Balaban J connectivity index is 1.65. The summed E-state index contributed by atoms with van der Waals surface area (Å²) in [4.78, 5) is 12.3. The third-order valence-electron chi connectivity index (χ3n) is 4.63. The Morgan fingerprint density at radius 3 is 2.34 bits per heavy atom. The van der Waals surface area contributed by atoms with Crippen LogP contribution in [0.25, 0.3) is 0 Å². The molecular formula is C23H23ClN2O5S. The number of rotatable bonds is 8. The lowest BCUT2D eigenvalue weighted by atomic mass is 10.2. The highest BCUT2D eigenvalue weighted by Gasteiger charge is 2.16. The summed E-state index contributed by atoms with van der Waals surface area (Å²) < 4.78 is 38.6. The van der Waals surface area contributed by atoms with E-state index in [2.05, 4.69) is 10.0 Å². The van der Waals surface area contributed by atoms with E-state index in [1.54, 1.807) is 43.3 Å². The van der Waals surface area contributed by atoms with Crippen LogP contribution in [0.5, 0.6) is 11.5 Å². The van der Waals surface area contributed by atoms with Crippen molar-refractivity contribution in [2.24, 2.45) is 0 Å². The van der Waals surface area contributed by atoms with Gasteiger partial charge in [-0.1, -0.05) is 17.7 Å². The lowest BCUT2D eigenvalue weighted by Gasteiger charge is -2.13. The van der Waals surface area contributed by atoms with Gasteiger partial charge in [0.25, 0.3) is 15.9 Å². The molecule has 2 N–H and O–H groups in total. The van der Waals surface area contributed by atoms with Gasteiger partial charge in [0.15, 0.2) is 6.61 Å². The van der Waals surface area contributed by atoms with Crippen LogP contribution in [0.1, 0.15) is 11.1 Å². The van der Waals surface area contributed by atoms with Crippen molar-refractivity contribution < 1.29 is 22.7 Å². The second-order valence-electron chi connectivity index (χ2n) is 7.06. The summed E-state index contributed by atoms with van der Waals surface area (Å²) in [5, 5.41) is 3.27. The van der Waals surface area contributed by atoms with Crippen LogP contribution >= 0.6 is 11.6 Å². The molecule has 0 atom stereocenters. The van der Waals surface area contributed by atoms with E-state index in [0.29, 0.717) is 33.5 Å². The number of ether oxygens (including phenoxy) is 2. The number of sulfonamides is 1. The number of hydrogen-bond acceptors (Lipinski definition) is 5. The monoisotopic (exact) mass is 474 g/mol. The van der Waals surface area contributed by atoms with E-state index in [1.807, 2.05) is 13.0 Å². The van der Waals surface area contributed by atoms with Gasteiger partial charge in [0.2, 0.25) is 0 Å². The zero-order valence-corrected chi connectivity index (χ0v) is 19.4. The fraction of sp³-hybridized carbons (Fsp3) is 0.174. The number of carbonyl (C=O) groups excluding carboxylic acids is 1. The van der Waals surface area contributed by atoms with E-state index in [9.17, 15) is 13.2 Å². The molecule has 0 bridgehead atoms. The van der Waals surface area contributed by atoms with Gasteiger partial charge in [0, 0.05) is 16.4 Å². The SMILES string of the molecule is COc1ccc(NS(=O)(=O)c2ccc(OCC(=O)Nc3cc(Cl)ccc3C)c(C)c2)cc1. The van der Waals surface area contributed by atoms with Gasteiger partial charge in [0.05, 0.1) is 12.0 Å². The first-order valence-electron chi connectivity index (χ1n) is 9.64. The third-order valence-corrected chi connectivity index (χ3v) is 6.25. The molecule has 0 saturated heterocycles. The molecule has 0 heterocycles. The van der Waals surface area contributed by atoms with Gasteiger partial charge >= 0.3 is 0 Å². The van der Waals surface area contributed by atoms with Crippen molar-refractivity contribution in [1.82, 2.24) is 0 Å². The molecule has 0 unspecified atom stereocenters. The topological polar surface area (TPSA) is 93.7 Å². The summed E-state index contributed by atoms with van der Waals surface area (Å²) in [6.07, 6.45) is 0. The van der Waals surface area contributed by atoms with Crippen LogP contribution in [0, 0.1) is 13.8 Å². The fourth-order valence-electron chi connectivity index (χ4n) is 2.88. The third kappa shape index (κ3) is 5.93. The second kappa shape index (κ2) is 9.93. The predicted molar refractivity (Wildman–Crippen MR) is 125 cm³/mol. The summed E-state index contributed by atoms with van der Waals surface area (Å²) in [7, 11) is -2.26. The Morgan fingerprint density at radius 1 is 0.969 bits per heavy atom. The van der Waals surface area contributed by atoms with Gasteiger partial charge in [-0.05, 0) is 79.6 Å². The summed E-state index contributed by atoms with van der Waals surface area (Å²) in [5.41, 5.74) is 2.47. The first-order valence-corrected chi connectivity index (χ1v) is 11.5. The molecule has 3 aromatic carbocycles. The van der Waals surface area contributed by atoms with Crippen LogP contribution < -0.4 is 19.5 Å². The van der Waals surface area contributed by atoms with Crippen LogP contribution in [0.4, 0.5) is 11.4 Å². The molecule has 3 aromatic rings. The van der Waals surface area contributed by atoms with E-state index < -0.39 is 10.0 Å². The van der Waals surface area contributed by atoms with Crippen molar-refractivity contribution in [2.45, 2.75) is 18.7 Å². The van der Waals surface area contributed by atoms with Crippen LogP contribution in [0.15, 0.2) is 65.6 Å². The van der Waals surface area contributed by atoms with Crippen molar-refractivity contribution in [3.05, 3.63) is 76.8 Å². The van der Waals surface area contributed by atoms with E-state index in [-0.39, 0.29) is 17.4 Å². The lowest BCUT2D eigenvalue weighted by molar-refractivity contribution is -0.118. The average molecular weight is 475 g/mol. The normalized spacial score (nSPS) is 11.0. The zero-order valence-electron chi connectivity index (χ0n) is 17.8. The molecule has 0 aliphatic heterocycles. The van der Waals surface area contributed by atoms with Crippen molar-refractivity contribution in [1.29, 1.82) is 0 Å². The number of anilines is 2. The molecule has 0 fully saturated rings. The number of benzene rings is 3. The molecule has 1 amide bonds. The molecule has 7 nitrogen and oxygen atoms in total. The van der Waals surface area contributed by atoms with E-state index in [1.165, 1.54) is 25.3 Å². The standard InChI is InChI=1S/C23H23ClN2O5S/c1-15-4-5-17(24)13-21(15)25-23(27)14-31-22-11-10-20(12-16(22)2)32(28,29)26-18-6-8-19(30-3)9-7-18/h4-13,26H,14H2,1-3H3,(H,25,27). The maximum Gasteiger partial charge on any atom is 0.262 e. The van der Waals surface area contributed by atoms with Gasteiger partial charge in [-0.2, -0.15) is 0 Å². The fourth-order valence-corrected chi connectivity index (χ4v) is 4.20. The van der Waals surface area contributed by atoms with Crippen molar-refractivity contribution >= 4 is 38.9 Å². The van der Waals surface area contributed by atoms with Gasteiger partial charge in [-0.15, -0.1) is 0 Å². The highest BCUT2D eigenvalue weighted by Crippen LogP contribution is 2.25. The van der Waals surface area contributed by atoms with E-state index in [0.717, 1.165) is 5.56 Å². The van der Waals surface area contributed by atoms with Crippen molar-refractivity contribution in [2.75, 3.05) is 23.8 Å². The highest BCUT2D eigenvalue weighted by molar-refractivity contribution is 7.92. The summed E-state index contributed by atoms with van der Waals surface area (Å²) in [5.74, 6) is 0.679. The Morgan fingerprint density at radius 2 is 1.69 bits per heavy atom. The molecule has 168 valence electrons. The van der Waals surface area contributed by atoms with Crippen molar-refractivity contribution in [3.63, 3.8) is 0 Å². The highest BCUT2D eigenvalue weighted by atomic mass is 35.5. The number of amides is 1. The summed E-state index contributed by atoms with van der Waals surface area (Å²) in [6, 6.07) is 16.2. The lowest BCUT2D eigenvalue weighted by Crippen LogP contribution is -2.21. The predicted octanol–water partition coefficient (Wildman–Crippen LogP) is 4.78. The number of halogens is 1. The van der Waals surface area contributed by atoms with Crippen LogP contribution in [0.2, 0.25) is 5.02 Å². The van der Waals surface area contributed by atoms with Crippen LogP contribution in [-0.2, 0) is 14.8 Å². The maximum atomic E-state index is 12.7. The summed E-state index contributed by atoms with van der Waals surface area (Å²) in [6.45, 7) is 3.33. The number of methoxy groups -OCH3 is 1. The Bertz CT molecular complexity index is 1230. The van der Waals surface area contributed by atoms with Crippen LogP contribution in [0.3, 0.4) is 0 Å². The number of nitrogens with one attached hydrogen (secondary N) is 2. The first-order chi connectivity index (χ1) is 15.2. The number of hydrogen-bond donors (Lipinski definition) is 2. The smallest absolute Gasteiger partial charge is 0.262 e. The zero-order chi connectivity index (χ0) is 23.3. The van der Waals surface area contributed by atoms with Crippen molar-refractivity contribution in [3.8, 4) is 11.5 Å². The Labute approximate surface area is 192 Å². The van der Waals surface area contributed by atoms with Gasteiger partial charge in [-0.3, -0.25) is 9.52 Å². The minimum Gasteiger partial charge on any atom is -0.497 e. The summed E-state index contributed by atoms with van der Waals surface area (Å²) >= 11 is 5.97. The Hall–Kier alpha value is -3.23. The molecule has 0 aromatic heterocycles. The molecule has 32 heavy (non-hydrogen) atoms. The molecule has 0 aliphatic rings. The maximum absolute atomic E-state index is 12.7. The van der Waals surface area contributed by atoms with Gasteiger partial charge < -0.3 is 14.8 Å². The molecular weight excluding hydrogens is 452 g/mol. The average Bonchev–Trinajstić information content (AvgIpc) is 2.75. The quantitative estimate of drug-likeness (QED) is 0.490. The van der Waals surface area contributed by atoms with Gasteiger partial charge in [-0.25, -0.2) is 8.42 Å². The first kappa shape index (κ1) is 23.4. The largest absolute Gasteiger partial charge is 0.497 e. The minimum atomic E-state index is -3.79. The Kier molecular flexibility index (Phi) is 7.27. The molecule has 0 saturated carbocycles. The van der Waals surface area contributed by atoms with Gasteiger partial charge in [0.1, 0.15) is 11.5 Å². The molecule has 9 heteroatoms. The minimum absolute atomic E-state index is 0.0807. The van der Waals surface area contributed by atoms with Crippen LogP contribution in [-0.4, -0.2) is 28.0 Å². The molecule has 0 radical (unpaired) electrons. The van der Waals surface area contributed by atoms with E-state index >= 15 is 0 Å². The van der Waals surface area contributed by atoms with E-state index in [4.69, 9.17) is 21.1 Å². The molecule has 0 aliphatic carbocycles. The number of carbonyl (C=O) groups is 1. The molecule has 3 rings (SSSR count). The second-order valence-corrected chi connectivity index (χ2v) is 9.18. The number of aryl methyl sites for hydroxylation is 2.